The number of carbonyl (C=O) groups excluding carboxylic acids is 2. The van der Waals surface area contributed by atoms with Crippen LogP contribution < -0.4 is 0 Å². The Morgan fingerprint density at radius 3 is 2.65 bits per heavy atom. The van der Waals surface area contributed by atoms with Crippen LogP contribution in [0.25, 0.3) is 0 Å². The average molecular weight is 382 g/mol. The smallest absolute Gasteiger partial charge is 0.341 e. The number of hydrogen-bond donors (Lipinski definition) is 1. The number of rotatable bonds is 4. The van der Waals surface area contributed by atoms with Gasteiger partial charge in [0.25, 0.3) is 5.91 Å². The van der Waals surface area contributed by atoms with Crippen LogP contribution in [-0.2, 0) is 11.3 Å². The Hall–Kier alpha value is -2.28. The number of aryl methyl sites for hydroxylation is 1. The summed E-state index contributed by atoms with van der Waals surface area (Å²) in [4.78, 5) is 25.4. The highest BCUT2D eigenvalue weighted by atomic mass is 79.9. The molecular formula is C16H16BrNO5. The second-order valence-electron chi connectivity index (χ2n) is 5.00. The van der Waals surface area contributed by atoms with Crippen molar-refractivity contribution in [2.75, 3.05) is 14.2 Å². The number of nitrogens with zero attached hydrogens (tertiary/aromatic N) is 1. The molecule has 0 fully saturated rings. The molecular weight excluding hydrogens is 366 g/mol. The van der Waals surface area contributed by atoms with Crippen LogP contribution >= 0.6 is 15.9 Å². The third kappa shape index (κ3) is 3.73. The molecule has 0 aliphatic heterocycles. The van der Waals surface area contributed by atoms with E-state index in [9.17, 15) is 14.7 Å². The van der Waals surface area contributed by atoms with Gasteiger partial charge in [0.2, 0.25) is 0 Å². The Kier molecular flexibility index (Phi) is 5.10. The topological polar surface area (TPSA) is 80.0 Å². The summed E-state index contributed by atoms with van der Waals surface area (Å²) >= 11 is 3.27. The minimum atomic E-state index is -0.490. The highest BCUT2D eigenvalue weighted by Gasteiger charge is 2.20. The number of carbonyl (C=O) groups is 2. The third-order valence-corrected chi connectivity index (χ3v) is 3.80. The minimum absolute atomic E-state index is 0.101. The molecule has 1 N–H and O–H groups in total. The lowest BCUT2D eigenvalue weighted by Gasteiger charge is -2.16. The van der Waals surface area contributed by atoms with Gasteiger partial charge in [0.15, 0.2) is 0 Å². The van der Waals surface area contributed by atoms with Crippen molar-refractivity contribution >= 4 is 27.8 Å². The van der Waals surface area contributed by atoms with Crippen LogP contribution in [-0.4, -0.2) is 36.0 Å². The molecule has 23 heavy (non-hydrogen) atoms. The molecule has 2 aromatic rings. The fourth-order valence-electron chi connectivity index (χ4n) is 2.12. The third-order valence-electron chi connectivity index (χ3n) is 3.30. The summed E-state index contributed by atoms with van der Waals surface area (Å²) < 4.78 is 10.8. The number of hydrogen-bond acceptors (Lipinski definition) is 5. The van der Waals surface area contributed by atoms with Gasteiger partial charge in [-0.25, -0.2) is 4.79 Å². The van der Waals surface area contributed by atoms with E-state index >= 15 is 0 Å². The van der Waals surface area contributed by atoms with Crippen molar-refractivity contribution in [1.29, 1.82) is 0 Å². The molecule has 1 heterocycles. The maximum atomic E-state index is 12.4. The first kappa shape index (κ1) is 17.1. The number of methoxy groups -OCH3 is 1. The Bertz CT molecular complexity index is 753. The predicted octanol–water partition coefficient (Wildman–Crippen LogP) is 3.11. The molecule has 0 unspecified atom stereocenters. The van der Waals surface area contributed by atoms with Gasteiger partial charge in [0.1, 0.15) is 22.8 Å². The van der Waals surface area contributed by atoms with Crippen LogP contribution in [0.1, 0.15) is 32.2 Å². The molecule has 0 radical (unpaired) electrons. The first-order valence-electron chi connectivity index (χ1n) is 6.75. The first-order valence-corrected chi connectivity index (χ1v) is 7.54. The molecule has 0 saturated heterocycles. The van der Waals surface area contributed by atoms with Gasteiger partial charge in [-0.2, -0.15) is 0 Å². The van der Waals surface area contributed by atoms with E-state index in [1.54, 1.807) is 32.2 Å². The molecule has 2 rings (SSSR count). The number of benzene rings is 1. The lowest BCUT2D eigenvalue weighted by atomic mass is 10.1. The lowest BCUT2D eigenvalue weighted by Crippen LogP contribution is -2.26. The monoisotopic (exact) mass is 381 g/mol. The summed E-state index contributed by atoms with van der Waals surface area (Å²) in [7, 11) is 2.87. The molecule has 1 amide bonds. The van der Waals surface area contributed by atoms with Crippen molar-refractivity contribution in [2.45, 2.75) is 13.5 Å². The standard InChI is InChI=1S/C16H16BrNO5/c1-9-12(16(21)22-3)7-11(23-9)8-18(2)15(20)13-6-10(17)4-5-14(13)19/h4-7,19H,8H2,1-3H3. The molecule has 0 atom stereocenters. The summed E-state index contributed by atoms with van der Waals surface area (Å²) in [6, 6.07) is 6.18. The molecule has 0 aliphatic rings. The fourth-order valence-corrected chi connectivity index (χ4v) is 2.49. The maximum absolute atomic E-state index is 12.4. The molecule has 6 nitrogen and oxygen atoms in total. The van der Waals surface area contributed by atoms with Crippen molar-refractivity contribution in [3.05, 3.63) is 51.4 Å². The van der Waals surface area contributed by atoms with Gasteiger partial charge in [-0.3, -0.25) is 4.79 Å². The zero-order chi connectivity index (χ0) is 17.1. The molecule has 7 heteroatoms. The number of ether oxygens (including phenoxy) is 1. The lowest BCUT2D eigenvalue weighted by molar-refractivity contribution is 0.0598. The molecule has 1 aromatic carbocycles. The van der Waals surface area contributed by atoms with E-state index < -0.39 is 5.97 Å². The fraction of sp³-hybridized carbons (Fsp3) is 0.250. The SMILES string of the molecule is COC(=O)c1cc(CN(C)C(=O)c2cc(Br)ccc2O)oc1C. The van der Waals surface area contributed by atoms with Gasteiger partial charge in [-0.1, -0.05) is 15.9 Å². The molecule has 122 valence electrons. The van der Waals surface area contributed by atoms with Gasteiger partial charge in [0, 0.05) is 11.5 Å². The number of halogens is 1. The van der Waals surface area contributed by atoms with E-state index in [0.717, 1.165) is 0 Å². The predicted molar refractivity (Wildman–Crippen MR) is 86.4 cm³/mol. The van der Waals surface area contributed by atoms with Crippen LogP contribution in [0.2, 0.25) is 0 Å². The number of furan rings is 1. The van der Waals surface area contributed by atoms with Gasteiger partial charge in [-0.05, 0) is 31.2 Å². The molecule has 1 aromatic heterocycles. The van der Waals surface area contributed by atoms with Crippen molar-refractivity contribution in [3.63, 3.8) is 0 Å². The van der Waals surface area contributed by atoms with E-state index in [0.29, 0.717) is 21.6 Å². The number of amides is 1. The summed E-state index contributed by atoms with van der Waals surface area (Å²) in [5.74, 6) is -0.0734. The summed E-state index contributed by atoms with van der Waals surface area (Å²) in [5.41, 5.74) is 0.506. The summed E-state index contributed by atoms with van der Waals surface area (Å²) in [5, 5.41) is 9.82. The van der Waals surface area contributed by atoms with Crippen LogP contribution in [0.3, 0.4) is 0 Å². The Morgan fingerprint density at radius 1 is 1.30 bits per heavy atom. The quantitative estimate of drug-likeness (QED) is 0.822. The van der Waals surface area contributed by atoms with Gasteiger partial charge in [0.05, 0.1) is 19.2 Å². The molecule has 0 saturated carbocycles. The van der Waals surface area contributed by atoms with Crippen molar-refractivity contribution in [2.24, 2.45) is 0 Å². The number of aromatic hydroxyl groups is 1. The van der Waals surface area contributed by atoms with Crippen LogP contribution in [0.15, 0.2) is 33.2 Å². The number of phenols is 1. The van der Waals surface area contributed by atoms with Crippen molar-refractivity contribution in [1.82, 2.24) is 4.90 Å². The first-order chi connectivity index (χ1) is 10.8. The highest BCUT2D eigenvalue weighted by molar-refractivity contribution is 9.10. The summed E-state index contributed by atoms with van der Waals surface area (Å²) in [6.45, 7) is 1.81. The second-order valence-corrected chi connectivity index (χ2v) is 5.91. The largest absolute Gasteiger partial charge is 0.507 e. The number of esters is 1. The minimum Gasteiger partial charge on any atom is -0.507 e. The van der Waals surface area contributed by atoms with E-state index in [-0.39, 0.29) is 23.8 Å². The van der Waals surface area contributed by atoms with Crippen LogP contribution in [0.4, 0.5) is 0 Å². The van der Waals surface area contributed by atoms with Crippen molar-refractivity contribution < 1.29 is 23.8 Å². The average Bonchev–Trinajstić information content (AvgIpc) is 2.88. The van der Waals surface area contributed by atoms with Crippen LogP contribution in [0, 0.1) is 6.92 Å². The van der Waals surface area contributed by atoms with Crippen molar-refractivity contribution in [3.8, 4) is 5.75 Å². The zero-order valence-corrected chi connectivity index (χ0v) is 14.5. The summed E-state index contributed by atoms with van der Waals surface area (Å²) in [6.07, 6.45) is 0. The molecule has 0 aliphatic carbocycles. The van der Waals surface area contributed by atoms with E-state index in [1.807, 2.05) is 0 Å². The van der Waals surface area contributed by atoms with Gasteiger partial charge >= 0.3 is 5.97 Å². The van der Waals surface area contributed by atoms with E-state index in [4.69, 9.17) is 4.42 Å². The Labute approximate surface area is 141 Å². The van der Waals surface area contributed by atoms with E-state index in [2.05, 4.69) is 20.7 Å². The molecule has 0 bridgehead atoms. The van der Waals surface area contributed by atoms with Gasteiger partial charge < -0.3 is 19.2 Å². The van der Waals surface area contributed by atoms with Gasteiger partial charge in [-0.15, -0.1) is 0 Å². The molecule has 0 spiro atoms. The Morgan fingerprint density at radius 2 is 2.00 bits per heavy atom. The van der Waals surface area contributed by atoms with E-state index in [1.165, 1.54) is 18.1 Å². The Balaban J connectivity index is 2.18. The second kappa shape index (κ2) is 6.87. The normalized spacial score (nSPS) is 10.4. The van der Waals surface area contributed by atoms with Crippen LogP contribution in [0.5, 0.6) is 5.75 Å². The zero-order valence-electron chi connectivity index (χ0n) is 12.9. The highest BCUT2D eigenvalue weighted by Crippen LogP contribution is 2.24. The maximum Gasteiger partial charge on any atom is 0.341 e. The number of phenolic OH excluding ortho intramolecular Hbond substituents is 1.